The smallest absolute Gasteiger partial charge is 0.323 e. The van der Waals surface area contributed by atoms with Crippen molar-refractivity contribution in [1.82, 2.24) is 9.97 Å². The third-order valence-corrected chi connectivity index (χ3v) is 4.39. The Hall–Kier alpha value is -3.22. The van der Waals surface area contributed by atoms with Crippen molar-refractivity contribution in [2.24, 2.45) is 0 Å². The largest absolute Gasteiger partial charge is 0.457 e. The van der Waals surface area contributed by atoms with E-state index in [4.69, 9.17) is 27.6 Å². The predicted molar refractivity (Wildman–Crippen MR) is 111 cm³/mol. The van der Waals surface area contributed by atoms with E-state index in [1.807, 2.05) is 0 Å². The van der Waals surface area contributed by atoms with Gasteiger partial charge in [0.05, 0.1) is 11.0 Å². The zero-order chi connectivity index (χ0) is 19.7. The number of halogens is 2. The van der Waals surface area contributed by atoms with Gasteiger partial charge in [0, 0.05) is 27.4 Å². The van der Waals surface area contributed by atoms with Crippen LogP contribution in [0.2, 0.25) is 10.0 Å². The second kappa shape index (κ2) is 7.42. The quantitative estimate of drug-likeness (QED) is 0.407. The number of aromatic amines is 2. The van der Waals surface area contributed by atoms with Gasteiger partial charge >= 0.3 is 5.69 Å². The Morgan fingerprint density at radius 2 is 1.71 bits per heavy atom. The lowest BCUT2D eigenvalue weighted by molar-refractivity contribution is -0.111. The number of benzene rings is 2. The fourth-order valence-electron chi connectivity index (χ4n) is 2.75. The molecule has 2 aromatic carbocycles. The van der Waals surface area contributed by atoms with Crippen LogP contribution in [0.25, 0.3) is 28.4 Å². The van der Waals surface area contributed by atoms with E-state index in [1.54, 1.807) is 54.6 Å². The summed E-state index contributed by atoms with van der Waals surface area (Å²) >= 11 is 12.0. The van der Waals surface area contributed by atoms with Gasteiger partial charge in [0.25, 0.3) is 0 Å². The first-order valence-corrected chi connectivity index (χ1v) is 8.99. The molecule has 0 aliphatic rings. The monoisotopic (exact) mass is 413 g/mol. The summed E-state index contributed by atoms with van der Waals surface area (Å²) < 4.78 is 5.71. The van der Waals surface area contributed by atoms with Crippen molar-refractivity contribution in [2.75, 3.05) is 5.32 Å². The molecule has 0 fully saturated rings. The van der Waals surface area contributed by atoms with Crippen molar-refractivity contribution < 1.29 is 9.21 Å². The number of amides is 1. The van der Waals surface area contributed by atoms with Gasteiger partial charge in [-0.1, -0.05) is 23.2 Å². The van der Waals surface area contributed by atoms with Gasteiger partial charge in [-0.15, -0.1) is 0 Å². The van der Waals surface area contributed by atoms with Gasteiger partial charge in [-0.2, -0.15) is 0 Å². The molecule has 140 valence electrons. The van der Waals surface area contributed by atoms with Gasteiger partial charge in [0.15, 0.2) is 0 Å². The Kier molecular flexibility index (Phi) is 4.81. The van der Waals surface area contributed by atoms with Crippen molar-refractivity contribution in [2.45, 2.75) is 0 Å². The number of hydrogen-bond donors (Lipinski definition) is 3. The highest BCUT2D eigenvalue weighted by Crippen LogP contribution is 2.29. The van der Waals surface area contributed by atoms with Crippen LogP contribution >= 0.6 is 23.2 Å². The summed E-state index contributed by atoms with van der Waals surface area (Å²) in [5.41, 5.74) is 2.29. The number of carbonyl (C=O) groups is 1. The molecule has 8 heteroatoms. The zero-order valence-corrected chi connectivity index (χ0v) is 15.8. The van der Waals surface area contributed by atoms with Crippen LogP contribution in [0, 0.1) is 0 Å². The van der Waals surface area contributed by atoms with Crippen LogP contribution in [0.4, 0.5) is 5.69 Å². The number of anilines is 1. The van der Waals surface area contributed by atoms with Crippen molar-refractivity contribution in [3.05, 3.63) is 80.9 Å². The molecule has 0 unspecified atom stereocenters. The summed E-state index contributed by atoms with van der Waals surface area (Å²) in [6.45, 7) is 0. The SMILES string of the molecule is O=C(/C=C/c1ccc(-c2cc(Cl)cc(Cl)c2)o1)Nc1ccc2[nH]c(=O)[nH]c2c1. The first kappa shape index (κ1) is 18.2. The van der Waals surface area contributed by atoms with Gasteiger partial charge in [-0.3, -0.25) is 4.79 Å². The molecular formula is C20H13Cl2N3O3. The van der Waals surface area contributed by atoms with E-state index in [9.17, 15) is 9.59 Å². The highest BCUT2D eigenvalue weighted by molar-refractivity contribution is 6.35. The first-order chi connectivity index (χ1) is 13.5. The summed E-state index contributed by atoms with van der Waals surface area (Å²) in [7, 11) is 0. The van der Waals surface area contributed by atoms with Crippen molar-refractivity contribution in [3.8, 4) is 11.3 Å². The standard InChI is InChI=1S/C20H13Cl2N3O3/c21-12-7-11(8-13(22)9-12)18-5-2-15(28-18)3-6-19(26)23-14-1-4-16-17(10-14)25-20(27)24-16/h1-10H,(H,23,26)(H2,24,25,27)/b6-3+. The normalized spacial score (nSPS) is 11.4. The minimum atomic E-state index is -0.332. The molecule has 0 spiro atoms. The highest BCUT2D eigenvalue weighted by Gasteiger charge is 2.07. The molecule has 2 aromatic heterocycles. The van der Waals surface area contributed by atoms with E-state index in [2.05, 4.69) is 15.3 Å². The fourth-order valence-corrected chi connectivity index (χ4v) is 3.27. The maximum Gasteiger partial charge on any atom is 0.323 e. The van der Waals surface area contributed by atoms with Crippen LogP contribution in [0.1, 0.15) is 5.76 Å². The molecule has 0 bridgehead atoms. The van der Waals surface area contributed by atoms with Gasteiger partial charge in [-0.05, 0) is 54.6 Å². The number of nitrogens with one attached hydrogen (secondary N) is 3. The third-order valence-electron chi connectivity index (χ3n) is 3.96. The zero-order valence-electron chi connectivity index (χ0n) is 14.3. The average Bonchev–Trinajstić information content (AvgIpc) is 3.24. The lowest BCUT2D eigenvalue weighted by Crippen LogP contribution is -2.07. The van der Waals surface area contributed by atoms with Crippen LogP contribution in [0.3, 0.4) is 0 Å². The minimum Gasteiger partial charge on any atom is -0.457 e. The summed E-state index contributed by atoms with van der Waals surface area (Å²) in [5.74, 6) is 0.763. The number of furan rings is 1. The Morgan fingerprint density at radius 1 is 0.964 bits per heavy atom. The van der Waals surface area contributed by atoms with Crippen LogP contribution < -0.4 is 11.0 Å². The second-order valence-electron chi connectivity index (χ2n) is 6.02. The van der Waals surface area contributed by atoms with E-state index < -0.39 is 0 Å². The van der Waals surface area contributed by atoms with Gasteiger partial charge in [0.1, 0.15) is 11.5 Å². The molecule has 3 N–H and O–H groups in total. The number of rotatable bonds is 4. The van der Waals surface area contributed by atoms with Crippen LogP contribution in [-0.4, -0.2) is 15.9 Å². The number of carbonyl (C=O) groups excluding carboxylic acids is 1. The van der Waals surface area contributed by atoms with Crippen molar-refractivity contribution in [1.29, 1.82) is 0 Å². The molecule has 6 nitrogen and oxygen atoms in total. The molecule has 0 radical (unpaired) electrons. The second-order valence-corrected chi connectivity index (χ2v) is 6.90. The average molecular weight is 414 g/mol. The van der Waals surface area contributed by atoms with E-state index >= 15 is 0 Å². The predicted octanol–water partition coefficient (Wildman–Crippen LogP) is 5.07. The maximum absolute atomic E-state index is 12.1. The summed E-state index contributed by atoms with van der Waals surface area (Å²) in [6, 6.07) is 13.7. The maximum atomic E-state index is 12.1. The molecule has 0 aliphatic heterocycles. The summed E-state index contributed by atoms with van der Waals surface area (Å²) in [5, 5.41) is 3.75. The topological polar surface area (TPSA) is 90.9 Å². The van der Waals surface area contributed by atoms with Crippen LogP contribution in [0.15, 0.2) is 63.8 Å². The van der Waals surface area contributed by atoms with E-state index in [0.29, 0.717) is 38.3 Å². The minimum absolute atomic E-state index is 0.298. The Balaban J connectivity index is 1.46. The van der Waals surface area contributed by atoms with Crippen LogP contribution in [-0.2, 0) is 4.79 Å². The van der Waals surface area contributed by atoms with Crippen LogP contribution in [0.5, 0.6) is 0 Å². The van der Waals surface area contributed by atoms with Crippen molar-refractivity contribution >= 4 is 51.9 Å². The number of fused-ring (bicyclic) bond motifs is 1. The number of H-pyrrole nitrogens is 2. The number of aromatic nitrogens is 2. The first-order valence-electron chi connectivity index (χ1n) is 8.24. The number of hydrogen-bond acceptors (Lipinski definition) is 3. The molecule has 1 amide bonds. The molecule has 0 aliphatic carbocycles. The Labute approximate surface area is 168 Å². The Bertz CT molecular complexity index is 1250. The molecule has 0 atom stereocenters. The fraction of sp³-hybridized carbons (Fsp3) is 0. The molecule has 0 saturated carbocycles. The molecule has 4 aromatic rings. The van der Waals surface area contributed by atoms with E-state index in [1.165, 1.54) is 6.08 Å². The third kappa shape index (κ3) is 4.03. The lowest BCUT2D eigenvalue weighted by Gasteiger charge is -2.01. The Morgan fingerprint density at radius 3 is 2.50 bits per heavy atom. The van der Waals surface area contributed by atoms with Gasteiger partial charge in [0.2, 0.25) is 5.91 Å². The van der Waals surface area contributed by atoms with E-state index in [0.717, 1.165) is 5.56 Å². The molecular weight excluding hydrogens is 401 g/mol. The highest BCUT2D eigenvalue weighted by atomic mass is 35.5. The van der Waals surface area contributed by atoms with Gasteiger partial charge in [-0.25, -0.2) is 4.79 Å². The molecule has 28 heavy (non-hydrogen) atoms. The molecule has 4 rings (SSSR count). The van der Waals surface area contributed by atoms with Crippen molar-refractivity contribution in [3.63, 3.8) is 0 Å². The molecule has 2 heterocycles. The lowest BCUT2D eigenvalue weighted by atomic mass is 10.2. The molecule has 0 saturated heterocycles. The van der Waals surface area contributed by atoms with E-state index in [-0.39, 0.29) is 11.6 Å². The van der Waals surface area contributed by atoms with Gasteiger partial charge < -0.3 is 19.7 Å². The summed E-state index contributed by atoms with van der Waals surface area (Å²) in [4.78, 5) is 28.7. The summed E-state index contributed by atoms with van der Waals surface area (Å²) in [6.07, 6.45) is 2.92. The number of imidazole rings is 1.